The lowest BCUT2D eigenvalue weighted by Crippen LogP contribution is -2.56. The molecule has 0 aliphatic heterocycles. The van der Waals surface area contributed by atoms with Crippen LogP contribution in [0.1, 0.15) is 58.8 Å². The largest absolute Gasteiger partial charge is 0.396 e. The Hall–Kier alpha value is -0.120. The number of nitrogens with one attached hydrogen (secondary N) is 1. The smallest absolute Gasteiger partial charge is 0.0431 e. The van der Waals surface area contributed by atoms with Crippen molar-refractivity contribution >= 4 is 0 Å². The minimum atomic E-state index is 0.161. The molecule has 0 amide bonds. The van der Waals surface area contributed by atoms with Crippen LogP contribution in [0.4, 0.5) is 0 Å². The summed E-state index contributed by atoms with van der Waals surface area (Å²) < 4.78 is 0. The number of rotatable bonds is 7. The molecule has 0 bridgehead atoms. The topological polar surface area (TPSA) is 58.3 Å². The maximum atomic E-state index is 8.87. The van der Waals surface area contributed by atoms with Crippen LogP contribution in [-0.4, -0.2) is 29.8 Å². The van der Waals surface area contributed by atoms with E-state index >= 15 is 0 Å². The minimum absolute atomic E-state index is 0.161. The van der Waals surface area contributed by atoms with Crippen LogP contribution in [0.15, 0.2) is 0 Å². The normalized spacial score (nSPS) is 31.4. The summed E-state index contributed by atoms with van der Waals surface area (Å²) in [4.78, 5) is 0. The standard InChI is InChI=1S/C14H30N2O/c1-3-13-7-4-8-14(10-13,11-15)16-12(2)6-5-9-17/h12-13,16-17H,3-11,15H2,1-2H3. The second kappa shape index (κ2) is 7.34. The summed E-state index contributed by atoms with van der Waals surface area (Å²) in [5, 5.41) is 12.6. The highest BCUT2D eigenvalue weighted by Crippen LogP contribution is 2.34. The van der Waals surface area contributed by atoms with Crippen molar-refractivity contribution in [2.45, 2.75) is 70.4 Å². The van der Waals surface area contributed by atoms with Gasteiger partial charge in [0.15, 0.2) is 0 Å². The first kappa shape index (κ1) is 14.9. The molecule has 1 aliphatic rings. The summed E-state index contributed by atoms with van der Waals surface area (Å²) >= 11 is 0. The predicted octanol–water partition coefficient (Wildman–Crippen LogP) is 2.03. The van der Waals surface area contributed by atoms with Gasteiger partial charge in [-0.3, -0.25) is 0 Å². The molecule has 0 heterocycles. The second-order valence-electron chi connectivity index (χ2n) is 5.77. The molecule has 17 heavy (non-hydrogen) atoms. The number of aliphatic hydroxyl groups excluding tert-OH is 1. The van der Waals surface area contributed by atoms with Crippen molar-refractivity contribution in [2.24, 2.45) is 11.7 Å². The van der Waals surface area contributed by atoms with E-state index in [1.165, 1.54) is 32.1 Å². The Labute approximate surface area is 106 Å². The molecular weight excluding hydrogens is 212 g/mol. The van der Waals surface area contributed by atoms with Crippen molar-refractivity contribution < 1.29 is 5.11 Å². The van der Waals surface area contributed by atoms with E-state index < -0.39 is 0 Å². The van der Waals surface area contributed by atoms with Gasteiger partial charge < -0.3 is 16.2 Å². The molecule has 0 aromatic carbocycles. The zero-order chi connectivity index (χ0) is 12.7. The number of hydrogen-bond donors (Lipinski definition) is 3. The summed E-state index contributed by atoms with van der Waals surface area (Å²) in [5.41, 5.74) is 6.18. The van der Waals surface area contributed by atoms with E-state index in [-0.39, 0.29) is 5.54 Å². The first-order chi connectivity index (χ1) is 8.15. The SMILES string of the molecule is CCC1CCCC(CN)(NC(C)CCCO)C1. The Bertz CT molecular complexity index is 210. The number of nitrogens with two attached hydrogens (primary N) is 1. The molecule has 0 radical (unpaired) electrons. The summed E-state index contributed by atoms with van der Waals surface area (Å²) in [6.45, 7) is 5.53. The van der Waals surface area contributed by atoms with Crippen LogP contribution in [0.25, 0.3) is 0 Å². The molecule has 0 aromatic rings. The highest BCUT2D eigenvalue weighted by Gasteiger charge is 2.35. The van der Waals surface area contributed by atoms with E-state index in [0.29, 0.717) is 12.6 Å². The van der Waals surface area contributed by atoms with Crippen molar-refractivity contribution in [3.8, 4) is 0 Å². The first-order valence-electron chi connectivity index (χ1n) is 7.24. The average Bonchev–Trinajstić information content (AvgIpc) is 2.36. The van der Waals surface area contributed by atoms with Crippen LogP contribution >= 0.6 is 0 Å². The van der Waals surface area contributed by atoms with E-state index in [1.54, 1.807) is 0 Å². The highest BCUT2D eigenvalue weighted by atomic mass is 16.2. The lowest BCUT2D eigenvalue weighted by molar-refractivity contribution is 0.161. The van der Waals surface area contributed by atoms with Gasteiger partial charge in [0.1, 0.15) is 0 Å². The molecular formula is C14H30N2O. The Morgan fingerprint density at radius 2 is 2.29 bits per heavy atom. The van der Waals surface area contributed by atoms with Crippen LogP contribution < -0.4 is 11.1 Å². The first-order valence-corrected chi connectivity index (χ1v) is 7.24. The minimum Gasteiger partial charge on any atom is -0.396 e. The second-order valence-corrected chi connectivity index (χ2v) is 5.77. The molecule has 4 N–H and O–H groups in total. The predicted molar refractivity (Wildman–Crippen MR) is 73.0 cm³/mol. The van der Waals surface area contributed by atoms with Gasteiger partial charge in [-0.1, -0.05) is 26.2 Å². The van der Waals surface area contributed by atoms with Gasteiger partial charge in [0, 0.05) is 24.7 Å². The van der Waals surface area contributed by atoms with Gasteiger partial charge in [0.25, 0.3) is 0 Å². The Morgan fingerprint density at radius 3 is 2.88 bits per heavy atom. The average molecular weight is 242 g/mol. The molecule has 3 unspecified atom stereocenters. The summed E-state index contributed by atoms with van der Waals surface area (Å²) in [5.74, 6) is 0.838. The van der Waals surface area contributed by atoms with Crippen molar-refractivity contribution in [2.75, 3.05) is 13.2 Å². The van der Waals surface area contributed by atoms with Crippen LogP contribution in [0.5, 0.6) is 0 Å². The third-order valence-electron chi connectivity index (χ3n) is 4.26. The van der Waals surface area contributed by atoms with E-state index in [4.69, 9.17) is 10.8 Å². The lowest BCUT2D eigenvalue weighted by Gasteiger charge is -2.43. The van der Waals surface area contributed by atoms with E-state index in [0.717, 1.165) is 25.3 Å². The zero-order valence-corrected chi connectivity index (χ0v) is 11.5. The zero-order valence-electron chi connectivity index (χ0n) is 11.5. The molecule has 1 saturated carbocycles. The monoisotopic (exact) mass is 242 g/mol. The molecule has 1 aliphatic carbocycles. The van der Waals surface area contributed by atoms with Crippen molar-refractivity contribution in [3.63, 3.8) is 0 Å². The summed E-state index contributed by atoms with van der Waals surface area (Å²) in [7, 11) is 0. The van der Waals surface area contributed by atoms with Gasteiger partial charge in [-0.2, -0.15) is 0 Å². The molecule has 1 fully saturated rings. The lowest BCUT2D eigenvalue weighted by atomic mass is 9.74. The number of aliphatic hydroxyl groups is 1. The molecule has 3 atom stereocenters. The summed E-state index contributed by atoms with van der Waals surface area (Å²) in [6, 6.07) is 0.460. The van der Waals surface area contributed by atoms with Gasteiger partial charge in [-0.05, 0) is 38.5 Å². The Kier molecular flexibility index (Phi) is 6.45. The van der Waals surface area contributed by atoms with Crippen LogP contribution in [0.3, 0.4) is 0 Å². The van der Waals surface area contributed by atoms with Crippen LogP contribution in [0.2, 0.25) is 0 Å². The van der Waals surface area contributed by atoms with Gasteiger partial charge >= 0.3 is 0 Å². The van der Waals surface area contributed by atoms with E-state index in [9.17, 15) is 0 Å². The van der Waals surface area contributed by atoms with Gasteiger partial charge in [0.2, 0.25) is 0 Å². The maximum absolute atomic E-state index is 8.87. The quantitative estimate of drug-likeness (QED) is 0.640. The van der Waals surface area contributed by atoms with E-state index in [2.05, 4.69) is 19.2 Å². The Balaban J connectivity index is 2.49. The Morgan fingerprint density at radius 1 is 1.53 bits per heavy atom. The van der Waals surface area contributed by atoms with E-state index in [1.807, 2.05) is 0 Å². The number of hydrogen-bond acceptors (Lipinski definition) is 3. The molecule has 0 saturated heterocycles. The van der Waals surface area contributed by atoms with Gasteiger partial charge in [0.05, 0.1) is 0 Å². The van der Waals surface area contributed by atoms with Gasteiger partial charge in [-0.25, -0.2) is 0 Å². The summed E-state index contributed by atoms with van der Waals surface area (Å²) in [6.07, 6.45) is 8.29. The molecule has 102 valence electrons. The van der Waals surface area contributed by atoms with Crippen LogP contribution in [0, 0.1) is 5.92 Å². The van der Waals surface area contributed by atoms with Crippen LogP contribution in [-0.2, 0) is 0 Å². The van der Waals surface area contributed by atoms with Crippen molar-refractivity contribution in [3.05, 3.63) is 0 Å². The third-order valence-corrected chi connectivity index (χ3v) is 4.26. The third kappa shape index (κ3) is 4.57. The van der Waals surface area contributed by atoms with Crippen molar-refractivity contribution in [1.82, 2.24) is 5.32 Å². The fraction of sp³-hybridized carbons (Fsp3) is 1.00. The fourth-order valence-corrected chi connectivity index (χ4v) is 3.20. The molecule has 3 heteroatoms. The molecule has 0 spiro atoms. The highest BCUT2D eigenvalue weighted by molar-refractivity contribution is 4.95. The molecule has 0 aromatic heterocycles. The van der Waals surface area contributed by atoms with Crippen molar-refractivity contribution in [1.29, 1.82) is 0 Å². The molecule has 1 rings (SSSR count). The fourth-order valence-electron chi connectivity index (χ4n) is 3.20. The molecule has 3 nitrogen and oxygen atoms in total. The maximum Gasteiger partial charge on any atom is 0.0431 e. The van der Waals surface area contributed by atoms with Gasteiger partial charge in [-0.15, -0.1) is 0 Å².